The number of rotatable bonds is 6. The maximum atomic E-state index is 10.7. The first kappa shape index (κ1) is 20.7. The van der Waals surface area contributed by atoms with Gasteiger partial charge in [-0.2, -0.15) is 0 Å². The van der Waals surface area contributed by atoms with Gasteiger partial charge in [0.15, 0.2) is 0 Å². The summed E-state index contributed by atoms with van der Waals surface area (Å²) in [5, 5.41) is 24.4. The van der Waals surface area contributed by atoms with Crippen LogP contribution in [0, 0.1) is 5.92 Å². The summed E-state index contributed by atoms with van der Waals surface area (Å²) in [6.45, 7) is 0. The summed E-state index contributed by atoms with van der Waals surface area (Å²) < 4.78 is 1.93. The van der Waals surface area contributed by atoms with Crippen molar-refractivity contribution in [3.63, 3.8) is 0 Å². The molecule has 5 rings (SSSR count). The van der Waals surface area contributed by atoms with E-state index in [1.54, 1.807) is 0 Å². The van der Waals surface area contributed by atoms with Crippen LogP contribution in [0.4, 0.5) is 11.6 Å². The first-order valence-corrected chi connectivity index (χ1v) is 11.1. The fraction of sp³-hybridized carbons (Fsp3) is 0.375. The van der Waals surface area contributed by atoms with Gasteiger partial charge in [-0.1, -0.05) is 24.6 Å². The molecule has 1 saturated carbocycles. The number of unbranched alkanes of at least 4 members (excludes halogenated alkanes) is 1. The van der Waals surface area contributed by atoms with Crippen molar-refractivity contribution < 1.29 is 10.2 Å². The van der Waals surface area contributed by atoms with Crippen LogP contribution in [0.3, 0.4) is 0 Å². The van der Waals surface area contributed by atoms with Crippen LogP contribution in [0.25, 0.3) is 21.8 Å². The van der Waals surface area contributed by atoms with Gasteiger partial charge in [0.1, 0.15) is 29.7 Å². The average Bonchev–Trinajstić information content (AvgIpc) is 3.33. The molecule has 8 nitrogen and oxygen atoms in total. The van der Waals surface area contributed by atoms with Crippen LogP contribution in [-0.4, -0.2) is 41.9 Å². The fourth-order valence-corrected chi connectivity index (χ4v) is 5.11. The lowest BCUT2D eigenvalue weighted by Crippen LogP contribution is -2.29. The molecule has 0 saturated heterocycles. The van der Waals surface area contributed by atoms with Gasteiger partial charge in [0, 0.05) is 17.8 Å². The van der Waals surface area contributed by atoms with E-state index in [0.29, 0.717) is 23.7 Å². The lowest BCUT2D eigenvalue weighted by atomic mass is 9.95. The maximum absolute atomic E-state index is 10.7. The molecule has 1 fully saturated rings. The van der Waals surface area contributed by atoms with Crippen LogP contribution in [0.1, 0.15) is 37.3 Å². The van der Waals surface area contributed by atoms with Gasteiger partial charge in [-0.3, -0.25) is 0 Å². The highest BCUT2D eigenvalue weighted by Gasteiger charge is 2.42. The van der Waals surface area contributed by atoms with Gasteiger partial charge >= 0.3 is 0 Å². The Balaban J connectivity index is 1.23. The number of aryl methyl sites for hydroxylation is 1. The zero-order chi connectivity index (χ0) is 22.2. The molecule has 0 spiro atoms. The van der Waals surface area contributed by atoms with E-state index in [0.717, 1.165) is 41.8 Å². The number of nitrogen functional groups attached to an aromatic ring is 2. The van der Waals surface area contributed by atoms with E-state index in [4.69, 9.17) is 11.5 Å². The molecule has 4 atom stereocenters. The predicted molar refractivity (Wildman–Crippen MR) is 125 cm³/mol. The van der Waals surface area contributed by atoms with Crippen molar-refractivity contribution in [3.8, 4) is 0 Å². The minimum atomic E-state index is -0.832. The van der Waals surface area contributed by atoms with Crippen LogP contribution in [-0.2, 0) is 6.42 Å². The standard InChI is InChI=1S/C24H28N6O2/c25-20-11-15-7-3-6-14(18(15)12-27-20)4-1-2-5-16-10-19(22(32)21(16)31)30-9-8-17-23(26)28-13-29-24(17)30/h3,6-9,11-13,16,19,21-22,31-32H,1-2,4-5,10H2,(H2,25,27)(H2,26,28,29)/t16-,19+,21+,22-/m0/s1. The van der Waals surface area contributed by atoms with Crippen molar-refractivity contribution in [1.82, 2.24) is 19.5 Å². The van der Waals surface area contributed by atoms with E-state index in [1.807, 2.05) is 29.1 Å². The van der Waals surface area contributed by atoms with Crippen molar-refractivity contribution in [2.75, 3.05) is 11.5 Å². The van der Waals surface area contributed by atoms with Gasteiger partial charge in [0.05, 0.1) is 17.5 Å². The number of fused-ring (bicyclic) bond motifs is 2. The summed E-state index contributed by atoms with van der Waals surface area (Å²) in [6.07, 6.45) is 8.05. The summed E-state index contributed by atoms with van der Waals surface area (Å²) >= 11 is 0. The first-order chi connectivity index (χ1) is 15.5. The largest absolute Gasteiger partial charge is 0.390 e. The van der Waals surface area contributed by atoms with Crippen molar-refractivity contribution in [2.24, 2.45) is 5.92 Å². The number of nitrogens with zero attached hydrogens (tertiary/aromatic N) is 4. The van der Waals surface area contributed by atoms with Gasteiger partial charge in [-0.05, 0) is 54.7 Å². The molecule has 1 aliphatic carbocycles. The van der Waals surface area contributed by atoms with Gasteiger partial charge in [0.2, 0.25) is 0 Å². The molecule has 6 N–H and O–H groups in total. The normalized spacial score (nSPS) is 23.3. The van der Waals surface area contributed by atoms with Gasteiger partial charge < -0.3 is 26.2 Å². The molecule has 166 valence electrons. The number of hydrogen-bond donors (Lipinski definition) is 4. The number of anilines is 2. The zero-order valence-corrected chi connectivity index (χ0v) is 17.8. The molecule has 1 aromatic carbocycles. The minimum absolute atomic E-state index is 0.0422. The van der Waals surface area contributed by atoms with E-state index in [-0.39, 0.29) is 12.0 Å². The molecule has 0 unspecified atom stereocenters. The van der Waals surface area contributed by atoms with Gasteiger partial charge in [-0.25, -0.2) is 15.0 Å². The van der Waals surface area contributed by atoms with Gasteiger partial charge in [0.25, 0.3) is 0 Å². The predicted octanol–water partition coefficient (Wildman–Crippen LogP) is 2.84. The Labute approximate surface area is 185 Å². The van der Waals surface area contributed by atoms with E-state index < -0.39 is 12.2 Å². The number of pyridine rings is 1. The highest BCUT2D eigenvalue weighted by Crippen LogP contribution is 2.40. The number of nitrogens with two attached hydrogens (primary N) is 2. The SMILES string of the molecule is Nc1cc2cccc(CCCC[C@H]3C[C@@H](n4ccc5c(N)ncnc54)[C@H](O)[C@@H]3O)c2cn1. The summed E-state index contributed by atoms with van der Waals surface area (Å²) in [4.78, 5) is 12.6. The minimum Gasteiger partial charge on any atom is -0.390 e. The quantitative estimate of drug-likeness (QED) is 0.344. The third-order valence-corrected chi connectivity index (χ3v) is 6.82. The van der Waals surface area contributed by atoms with Crippen LogP contribution in [0.2, 0.25) is 0 Å². The number of aromatic nitrogens is 4. The first-order valence-electron chi connectivity index (χ1n) is 11.1. The highest BCUT2D eigenvalue weighted by molar-refractivity contribution is 5.87. The van der Waals surface area contributed by atoms with Crippen LogP contribution >= 0.6 is 0 Å². The average molecular weight is 433 g/mol. The highest BCUT2D eigenvalue weighted by atomic mass is 16.3. The van der Waals surface area contributed by atoms with Crippen molar-refractivity contribution >= 4 is 33.4 Å². The van der Waals surface area contributed by atoms with Crippen molar-refractivity contribution in [2.45, 2.75) is 50.4 Å². The zero-order valence-electron chi connectivity index (χ0n) is 17.8. The Morgan fingerprint density at radius 1 is 1.00 bits per heavy atom. The summed E-state index contributed by atoms with van der Waals surface area (Å²) in [6, 6.07) is 9.78. The maximum Gasteiger partial charge on any atom is 0.145 e. The van der Waals surface area contributed by atoms with Crippen LogP contribution in [0.15, 0.2) is 49.1 Å². The molecule has 32 heavy (non-hydrogen) atoms. The summed E-state index contributed by atoms with van der Waals surface area (Å²) in [7, 11) is 0. The molecule has 3 heterocycles. The fourth-order valence-electron chi connectivity index (χ4n) is 5.11. The molecular formula is C24H28N6O2. The molecule has 8 heteroatoms. The molecule has 4 aromatic rings. The molecule has 3 aromatic heterocycles. The van der Waals surface area contributed by atoms with Gasteiger partial charge in [-0.15, -0.1) is 0 Å². The van der Waals surface area contributed by atoms with E-state index in [9.17, 15) is 10.2 Å². The summed E-state index contributed by atoms with van der Waals surface area (Å²) in [5.41, 5.74) is 13.7. The van der Waals surface area contributed by atoms with E-state index >= 15 is 0 Å². The lowest BCUT2D eigenvalue weighted by molar-refractivity contribution is 0.00502. The number of aliphatic hydroxyl groups excluding tert-OH is 2. The Hall–Kier alpha value is -3.23. The topological polar surface area (TPSA) is 136 Å². The molecular weight excluding hydrogens is 404 g/mol. The third-order valence-electron chi connectivity index (χ3n) is 6.82. The third kappa shape index (κ3) is 3.65. The second kappa shape index (κ2) is 8.37. The van der Waals surface area contributed by atoms with E-state index in [2.05, 4.69) is 33.2 Å². The van der Waals surface area contributed by atoms with Crippen LogP contribution in [0.5, 0.6) is 0 Å². The molecule has 0 radical (unpaired) electrons. The van der Waals surface area contributed by atoms with Crippen molar-refractivity contribution in [3.05, 3.63) is 54.6 Å². The Bertz CT molecular complexity index is 1260. The van der Waals surface area contributed by atoms with Crippen LogP contribution < -0.4 is 11.5 Å². The molecule has 0 amide bonds. The monoisotopic (exact) mass is 432 g/mol. The molecule has 0 bridgehead atoms. The summed E-state index contributed by atoms with van der Waals surface area (Å²) in [5.74, 6) is 0.993. The smallest absolute Gasteiger partial charge is 0.145 e. The Morgan fingerprint density at radius 3 is 2.75 bits per heavy atom. The second-order valence-electron chi connectivity index (χ2n) is 8.76. The van der Waals surface area contributed by atoms with Crippen molar-refractivity contribution in [1.29, 1.82) is 0 Å². The lowest BCUT2D eigenvalue weighted by Gasteiger charge is -2.19. The number of benzene rings is 1. The Morgan fingerprint density at radius 2 is 1.88 bits per heavy atom. The number of hydrogen-bond acceptors (Lipinski definition) is 7. The van der Waals surface area contributed by atoms with E-state index in [1.165, 1.54) is 11.9 Å². The molecule has 0 aliphatic heterocycles. The number of aliphatic hydroxyl groups is 2. The molecule has 1 aliphatic rings. The Kier molecular flexibility index (Phi) is 5.40. The second-order valence-corrected chi connectivity index (χ2v) is 8.76.